The van der Waals surface area contributed by atoms with Gasteiger partial charge >= 0.3 is 0 Å². The Morgan fingerprint density at radius 1 is 1.38 bits per heavy atom. The van der Waals surface area contributed by atoms with E-state index < -0.39 is 0 Å². The lowest BCUT2D eigenvalue weighted by atomic mass is 9.86. The second-order valence-corrected chi connectivity index (χ2v) is 5.50. The summed E-state index contributed by atoms with van der Waals surface area (Å²) in [7, 11) is 0. The number of allylic oxidation sites excluding steroid dienone is 1. The average molecular weight is 279 g/mol. The fourth-order valence-electron chi connectivity index (χ4n) is 2.66. The van der Waals surface area contributed by atoms with Crippen molar-refractivity contribution in [2.45, 2.75) is 19.3 Å². The number of rotatable bonds is 1. The zero-order valence-electron chi connectivity index (χ0n) is 9.19. The lowest BCUT2D eigenvalue weighted by Gasteiger charge is -2.42. The highest BCUT2D eigenvalue weighted by molar-refractivity contribution is 9.10. The van der Waals surface area contributed by atoms with Gasteiger partial charge in [-0.15, -0.1) is 0 Å². The molecule has 2 bridgehead atoms. The van der Waals surface area contributed by atoms with Crippen molar-refractivity contribution in [3.63, 3.8) is 0 Å². The fraction of sp³-hybridized carbons (Fsp3) is 0.462. The van der Waals surface area contributed by atoms with E-state index in [0.717, 1.165) is 16.1 Å². The zero-order valence-corrected chi connectivity index (χ0v) is 10.8. The molecule has 0 atom stereocenters. The third-order valence-corrected chi connectivity index (χ3v) is 4.28. The monoisotopic (exact) mass is 278 g/mol. The molecule has 0 aromatic carbocycles. The predicted molar refractivity (Wildman–Crippen MR) is 68.8 cm³/mol. The van der Waals surface area contributed by atoms with E-state index in [9.17, 15) is 0 Å². The maximum atomic E-state index is 4.41. The Hall–Kier alpha value is -0.830. The first-order chi connectivity index (χ1) is 7.83. The van der Waals surface area contributed by atoms with Crippen molar-refractivity contribution in [1.82, 2.24) is 9.88 Å². The van der Waals surface area contributed by atoms with E-state index in [2.05, 4.69) is 38.0 Å². The van der Waals surface area contributed by atoms with Crippen LogP contribution in [0.15, 0.2) is 28.5 Å². The van der Waals surface area contributed by atoms with Gasteiger partial charge in [0.15, 0.2) is 0 Å². The van der Waals surface area contributed by atoms with Crippen LogP contribution in [0.2, 0.25) is 0 Å². The molecule has 0 saturated carbocycles. The van der Waals surface area contributed by atoms with Crippen molar-refractivity contribution in [3.05, 3.63) is 34.2 Å². The van der Waals surface area contributed by atoms with Gasteiger partial charge in [0.2, 0.25) is 0 Å². The van der Waals surface area contributed by atoms with Crippen molar-refractivity contribution < 1.29 is 0 Å². The van der Waals surface area contributed by atoms with Crippen molar-refractivity contribution in [2.24, 2.45) is 5.92 Å². The highest BCUT2D eigenvalue weighted by atomic mass is 79.9. The number of hydrogen-bond acceptors (Lipinski definition) is 2. The number of hydrogen-bond donors (Lipinski definition) is 0. The smallest absolute Gasteiger partial charge is 0.0788 e. The lowest BCUT2D eigenvalue weighted by molar-refractivity contribution is 0.162. The number of nitrogens with zero attached hydrogens (tertiary/aromatic N) is 2. The van der Waals surface area contributed by atoms with E-state index in [1.165, 1.54) is 38.0 Å². The lowest BCUT2D eigenvalue weighted by Crippen LogP contribution is -2.39. The molecular formula is C13H15BrN2. The first-order valence-corrected chi connectivity index (χ1v) is 6.68. The summed E-state index contributed by atoms with van der Waals surface area (Å²) in [5.74, 6) is 0.915. The van der Waals surface area contributed by atoms with Gasteiger partial charge in [0, 0.05) is 29.5 Å². The first kappa shape index (κ1) is 10.3. The number of aromatic nitrogens is 1. The van der Waals surface area contributed by atoms with Crippen LogP contribution in [0.4, 0.5) is 0 Å². The third kappa shape index (κ3) is 1.88. The second kappa shape index (κ2) is 4.21. The number of fused-ring (bicyclic) bond motifs is 3. The molecule has 2 nitrogen and oxygen atoms in total. The van der Waals surface area contributed by atoms with Gasteiger partial charge in [-0.1, -0.05) is 0 Å². The SMILES string of the molecule is Brc1cccnc1/C=C1\CC2CCN1CC2. The number of piperidine rings is 3. The maximum absolute atomic E-state index is 4.41. The Kier molecular flexibility index (Phi) is 2.72. The summed E-state index contributed by atoms with van der Waals surface area (Å²) in [6.45, 7) is 2.47. The first-order valence-electron chi connectivity index (χ1n) is 5.89. The predicted octanol–water partition coefficient (Wildman–Crippen LogP) is 3.30. The van der Waals surface area contributed by atoms with Gasteiger partial charge in [0.05, 0.1) is 5.69 Å². The molecule has 1 aromatic heterocycles. The van der Waals surface area contributed by atoms with Crippen molar-refractivity contribution in [1.29, 1.82) is 0 Å². The molecule has 3 saturated heterocycles. The van der Waals surface area contributed by atoms with Gasteiger partial charge in [0.25, 0.3) is 0 Å². The molecule has 0 amide bonds. The van der Waals surface area contributed by atoms with Gasteiger partial charge in [-0.2, -0.15) is 0 Å². The standard InChI is InChI=1S/C13H15BrN2/c14-12-2-1-5-15-13(12)9-11-8-10-3-6-16(11)7-4-10/h1-2,5,9-10H,3-4,6-8H2/b11-9+. The summed E-state index contributed by atoms with van der Waals surface area (Å²) in [6.07, 6.45) is 8.09. The van der Waals surface area contributed by atoms with Crippen molar-refractivity contribution in [3.8, 4) is 0 Å². The molecule has 0 aliphatic carbocycles. The van der Waals surface area contributed by atoms with Crippen molar-refractivity contribution >= 4 is 22.0 Å². The van der Waals surface area contributed by atoms with Crippen LogP contribution in [0.1, 0.15) is 25.0 Å². The van der Waals surface area contributed by atoms with Crippen LogP contribution < -0.4 is 0 Å². The van der Waals surface area contributed by atoms with Gasteiger partial charge in [-0.05, 0) is 59.3 Å². The van der Waals surface area contributed by atoms with E-state index in [-0.39, 0.29) is 0 Å². The Labute approximate surface area is 104 Å². The van der Waals surface area contributed by atoms with E-state index in [4.69, 9.17) is 0 Å². The van der Waals surface area contributed by atoms with Gasteiger partial charge in [-0.3, -0.25) is 4.98 Å². The maximum Gasteiger partial charge on any atom is 0.0788 e. The third-order valence-electron chi connectivity index (χ3n) is 3.61. The molecular weight excluding hydrogens is 264 g/mol. The molecule has 3 heteroatoms. The number of pyridine rings is 1. The minimum absolute atomic E-state index is 0.915. The minimum Gasteiger partial charge on any atom is -0.375 e. The molecule has 3 aliphatic rings. The van der Waals surface area contributed by atoms with Crippen LogP contribution in [-0.4, -0.2) is 23.0 Å². The highest BCUT2D eigenvalue weighted by Gasteiger charge is 2.28. The van der Waals surface area contributed by atoms with Gasteiger partial charge < -0.3 is 4.90 Å². The average Bonchev–Trinajstić information content (AvgIpc) is 2.34. The summed E-state index contributed by atoms with van der Waals surface area (Å²) in [4.78, 5) is 6.92. The van der Waals surface area contributed by atoms with Crippen LogP contribution in [0.25, 0.3) is 6.08 Å². The zero-order chi connectivity index (χ0) is 11.0. The van der Waals surface area contributed by atoms with Crippen molar-refractivity contribution in [2.75, 3.05) is 13.1 Å². The Morgan fingerprint density at radius 3 is 2.81 bits per heavy atom. The highest BCUT2D eigenvalue weighted by Crippen LogP contribution is 2.35. The quantitative estimate of drug-likeness (QED) is 0.784. The van der Waals surface area contributed by atoms with E-state index >= 15 is 0 Å². The Bertz CT molecular complexity index is 420. The molecule has 0 spiro atoms. The van der Waals surface area contributed by atoms with E-state index in [1.807, 2.05) is 12.3 Å². The van der Waals surface area contributed by atoms with Gasteiger partial charge in [-0.25, -0.2) is 0 Å². The molecule has 0 radical (unpaired) electrons. The fourth-order valence-corrected chi connectivity index (χ4v) is 3.03. The number of halogens is 1. The molecule has 4 heterocycles. The summed E-state index contributed by atoms with van der Waals surface area (Å²) >= 11 is 3.55. The van der Waals surface area contributed by atoms with Crippen LogP contribution in [0.5, 0.6) is 0 Å². The Morgan fingerprint density at radius 2 is 2.19 bits per heavy atom. The summed E-state index contributed by atoms with van der Waals surface area (Å²) in [6, 6.07) is 4.01. The molecule has 4 rings (SSSR count). The summed E-state index contributed by atoms with van der Waals surface area (Å²) in [5.41, 5.74) is 2.53. The molecule has 0 unspecified atom stereocenters. The van der Waals surface area contributed by atoms with Crippen LogP contribution in [0, 0.1) is 5.92 Å². The largest absolute Gasteiger partial charge is 0.375 e. The second-order valence-electron chi connectivity index (χ2n) is 4.64. The molecule has 3 aliphatic heterocycles. The van der Waals surface area contributed by atoms with Crippen LogP contribution in [0.3, 0.4) is 0 Å². The van der Waals surface area contributed by atoms with Gasteiger partial charge in [0.1, 0.15) is 0 Å². The molecule has 3 fully saturated rings. The molecule has 84 valence electrons. The van der Waals surface area contributed by atoms with Crippen LogP contribution in [-0.2, 0) is 0 Å². The normalized spacial score (nSPS) is 23.1. The van der Waals surface area contributed by atoms with E-state index in [1.54, 1.807) is 0 Å². The Balaban J connectivity index is 1.90. The summed E-state index contributed by atoms with van der Waals surface area (Å²) in [5, 5.41) is 0. The molecule has 16 heavy (non-hydrogen) atoms. The minimum atomic E-state index is 0.915. The van der Waals surface area contributed by atoms with E-state index in [0.29, 0.717) is 0 Å². The summed E-state index contributed by atoms with van der Waals surface area (Å²) < 4.78 is 1.09. The molecule has 1 aromatic rings. The molecule has 0 N–H and O–H groups in total. The van der Waals surface area contributed by atoms with Crippen LogP contribution >= 0.6 is 15.9 Å². The topological polar surface area (TPSA) is 16.1 Å².